The van der Waals surface area contributed by atoms with Gasteiger partial charge >= 0.3 is 6.09 Å². The molecule has 1 unspecified atom stereocenters. The number of nitrogens with zero attached hydrogens (tertiary/aromatic N) is 2. The van der Waals surface area contributed by atoms with Gasteiger partial charge in [0, 0.05) is 18.0 Å². The zero-order valence-electron chi connectivity index (χ0n) is 11.5. The van der Waals surface area contributed by atoms with Crippen LogP contribution in [0.3, 0.4) is 0 Å². The first-order valence-corrected chi connectivity index (χ1v) is 7.07. The predicted molar refractivity (Wildman–Crippen MR) is 76.7 cm³/mol. The molecular formula is C16H15N3O2. The molecule has 106 valence electrons. The van der Waals surface area contributed by atoms with Crippen LogP contribution in [0.1, 0.15) is 17.5 Å². The van der Waals surface area contributed by atoms with Crippen molar-refractivity contribution in [3.63, 3.8) is 0 Å². The van der Waals surface area contributed by atoms with Crippen molar-refractivity contribution in [2.24, 2.45) is 0 Å². The number of cyclic esters (lactones) is 1. The topological polar surface area (TPSA) is 64.1 Å². The molecule has 4 rings (SSSR count). The molecule has 5 heteroatoms. The summed E-state index contributed by atoms with van der Waals surface area (Å²) < 4.78 is 5.13. The molecule has 1 saturated heterocycles. The van der Waals surface area contributed by atoms with Crippen LogP contribution in [0, 0.1) is 0 Å². The van der Waals surface area contributed by atoms with E-state index in [2.05, 4.69) is 33.5 Å². The fraction of sp³-hybridized carbons (Fsp3) is 0.312. The van der Waals surface area contributed by atoms with Gasteiger partial charge in [-0.15, -0.1) is 0 Å². The first-order valence-electron chi connectivity index (χ1n) is 7.07. The first kappa shape index (κ1) is 12.3. The predicted octanol–water partition coefficient (Wildman–Crippen LogP) is 2.11. The number of alkyl carbamates (subject to hydrolysis) is 1. The van der Waals surface area contributed by atoms with Crippen LogP contribution in [0.4, 0.5) is 4.79 Å². The third-order valence-electron chi connectivity index (χ3n) is 4.38. The van der Waals surface area contributed by atoms with Gasteiger partial charge in [0.25, 0.3) is 0 Å². The first-order chi connectivity index (χ1) is 10.3. The van der Waals surface area contributed by atoms with Crippen molar-refractivity contribution in [2.45, 2.75) is 24.8 Å². The molecule has 1 aromatic heterocycles. The maximum Gasteiger partial charge on any atom is 0.407 e. The summed E-state index contributed by atoms with van der Waals surface area (Å²) in [5, 5.41) is 3.00. The van der Waals surface area contributed by atoms with Gasteiger partial charge in [0.05, 0.1) is 5.54 Å². The molecule has 2 aromatic rings. The second-order valence-corrected chi connectivity index (χ2v) is 5.73. The van der Waals surface area contributed by atoms with Crippen LogP contribution in [0.15, 0.2) is 36.9 Å². The standard InChI is InChI=1S/C16H15N3O2/c20-15-19-16(9-21-15)5-4-11-2-1-3-13(14(11)6-16)12-7-17-10-18-8-12/h1-3,7-8,10H,4-6,9H2,(H,19,20). The van der Waals surface area contributed by atoms with E-state index in [0.29, 0.717) is 6.61 Å². The van der Waals surface area contributed by atoms with Crippen molar-refractivity contribution in [2.75, 3.05) is 6.61 Å². The Morgan fingerprint density at radius 1 is 1.24 bits per heavy atom. The number of ether oxygens (including phenoxy) is 1. The van der Waals surface area contributed by atoms with Crippen LogP contribution in [-0.2, 0) is 17.6 Å². The van der Waals surface area contributed by atoms with E-state index in [1.54, 1.807) is 0 Å². The van der Waals surface area contributed by atoms with Crippen molar-refractivity contribution in [3.05, 3.63) is 48.0 Å². The lowest BCUT2D eigenvalue weighted by Crippen LogP contribution is -2.48. The van der Waals surface area contributed by atoms with Gasteiger partial charge in [0.15, 0.2) is 0 Å². The van der Waals surface area contributed by atoms with Crippen molar-refractivity contribution in [1.29, 1.82) is 0 Å². The Bertz CT molecular complexity index is 702. The Labute approximate surface area is 122 Å². The fourth-order valence-electron chi connectivity index (χ4n) is 3.31. The summed E-state index contributed by atoms with van der Waals surface area (Å²) in [4.78, 5) is 19.6. The molecule has 1 atom stereocenters. The molecule has 1 N–H and O–H groups in total. The largest absolute Gasteiger partial charge is 0.447 e. The third-order valence-corrected chi connectivity index (χ3v) is 4.38. The van der Waals surface area contributed by atoms with Crippen molar-refractivity contribution >= 4 is 6.09 Å². The molecule has 1 spiro atoms. The van der Waals surface area contributed by atoms with Gasteiger partial charge in [0.2, 0.25) is 0 Å². The maximum absolute atomic E-state index is 11.4. The molecule has 0 saturated carbocycles. The number of benzene rings is 1. The van der Waals surface area contributed by atoms with Gasteiger partial charge in [-0.05, 0) is 36.0 Å². The number of hydrogen-bond acceptors (Lipinski definition) is 4. The summed E-state index contributed by atoms with van der Waals surface area (Å²) in [6, 6.07) is 6.32. The van der Waals surface area contributed by atoms with Gasteiger partial charge in [-0.2, -0.15) is 0 Å². The number of carbonyl (C=O) groups excluding carboxylic acids is 1. The van der Waals surface area contributed by atoms with Crippen molar-refractivity contribution < 1.29 is 9.53 Å². The highest BCUT2D eigenvalue weighted by Gasteiger charge is 2.42. The number of carbonyl (C=O) groups is 1. The van der Waals surface area contributed by atoms with Crippen LogP contribution in [0.25, 0.3) is 11.1 Å². The van der Waals surface area contributed by atoms with E-state index in [1.165, 1.54) is 17.5 Å². The number of aromatic nitrogens is 2. The van der Waals surface area contributed by atoms with E-state index in [4.69, 9.17) is 4.74 Å². The quantitative estimate of drug-likeness (QED) is 0.869. The molecule has 1 aromatic carbocycles. The average Bonchev–Trinajstić information content (AvgIpc) is 2.88. The third kappa shape index (κ3) is 2.05. The van der Waals surface area contributed by atoms with E-state index < -0.39 is 0 Å². The molecular weight excluding hydrogens is 266 g/mol. The van der Waals surface area contributed by atoms with Crippen LogP contribution in [0.2, 0.25) is 0 Å². The van der Waals surface area contributed by atoms with Crippen LogP contribution < -0.4 is 5.32 Å². The van der Waals surface area contributed by atoms with E-state index in [-0.39, 0.29) is 11.6 Å². The highest BCUT2D eigenvalue weighted by atomic mass is 16.6. The highest BCUT2D eigenvalue weighted by Crippen LogP contribution is 2.36. The lowest BCUT2D eigenvalue weighted by atomic mass is 9.76. The maximum atomic E-state index is 11.4. The van der Waals surface area contributed by atoms with E-state index in [0.717, 1.165) is 30.4 Å². The summed E-state index contributed by atoms with van der Waals surface area (Å²) in [6.45, 7) is 0.449. The number of hydrogen-bond donors (Lipinski definition) is 1. The van der Waals surface area contributed by atoms with E-state index in [1.807, 2.05) is 12.4 Å². The van der Waals surface area contributed by atoms with Gasteiger partial charge in [-0.25, -0.2) is 14.8 Å². The number of aryl methyl sites for hydroxylation is 1. The average molecular weight is 281 g/mol. The minimum Gasteiger partial charge on any atom is -0.447 e. The lowest BCUT2D eigenvalue weighted by molar-refractivity contribution is 0.170. The Balaban J connectivity index is 1.78. The number of fused-ring (bicyclic) bond motifs is 1. The highest BCUT2D eigenvalue weighted by molar-refractivity contribution is 5.72. The van der Waals surface area contributed by atoms with Crippen molar-refractivity contribution in [3.8, 4) is 11.1 Å². The molecule has 21 heavy (non-hydrogen) atoms. The van der Waals surface area contributed by atoms with Gasteiger partial charge < -0.3 is 10.1 Å². The van der Waals surface area contributed by atoms with Crippen LogP contribution in [-0.4, -0.2) is 28.2 Å². The number of nitrogens with one attached hydrogen (secondary N) is 1. The summed E-state index contributed by atoms with van der Waals surface area (Å²) in [5.74, 6) is 0. The molecule has 1 amide bonds. The minimum atomic E-state index is -0.307. The number of rotatable bonds is 1. The van der Waals surface area contributed by atoms with Crippen LogP contribution in [0.5, 0.6) is 0 Å². The summed E-state index contributed by atoms with van der Waals surface area (Å²) in [5.41, 5.74) is 4.51. The molecule has 2 aliphatic rings. The number of amides is 1. The molecule has 1 aliphatic heterocycles. The van der Waals surface area contributed by atoms with Crippen LogP contribution >= 0.6 is 0 Å². The van der Waals surface area contributed by atoms with Crippen molar-refractivity contribution in [1.82, 2.24) is 15.3 Å². The molecule has 1 fully saturated rings. The Morgan fingerprint density at radius 3 is 2.86 bits per heavy atom. The monoisotopic (exact) mass is 281 g/mol. The Kier molecular flexibility index (Phi) is 2.67. The second kappa shape index (κ2) is 4.55. The molecule has 0 bridgehead atoms. The van der Waals surface area contributed by atoms with Gasteiger partial charge in [-0.3, -0.25) is 0 Å². The molecule has 5 nitrogen and oxygen atoms in total. The van der Waals surface area contributed by atoms with E-state index in [9.17, 15) is 4.79 Å². The smallest absolute Gasteiger partial charge is 0.407 e. The summed E-state index contributed by atoms with van der Waals surface area (Å²) in [7, 11) is 0. The normalized spacial score (nSPS) is 23.5. The second-order valence-electron chi connectivity index (χ2n) is 5.73. The fourth-order valence-corrected chi connectivity index (χ4v) is 3.31. The lowest BCUT2D eigenvalue weighted by Gasteiger charge is -2.33. The zero-order valence-corrected chi connectivity index (χ0v) is 11.5. The minimum absolute atomic E-state index is 0.254. The SMILES string of the molecule is O=C1NC2(CCc3cccc(-c4cncnc4)c3C2)CO1. The summed E-state index contributed by atoms with van der Waals surface area (Å²) in [6.07, 6.45) is 7.53. The van der Waals surface area contributed by atoms with E-state index >= 15 is 0 Å². The Morgan fingerprint density at radius 2 is 2.10 bits per heavy atom. The Hall–Kier alpha value is -2.43. The molecule has 2 heterocycles. The van der Waals surface area contributed by atoms with Gasteiger partial charge in [-0.1, -0.05) is 18.2 Å². The molecule has 1 aliphatic carbocycles. The zero-order chi connectivity index (χ0) is 14.3. The molecule has 0 radical (unpaired) electrons. The summed E-state index contributed by atoms with van der Waals surface area (Å²) >= 11 is 0. The van der Waals surface area contributed by atoms with Gasteiger partial charge in [0.1, 0.15) is 12.9 Å².